The van der Waals surface area contributed by atoms with Crippen LogP contribution >= 0.6 is 0 Å². The molecule has 0 fully saturated rings. The largest absolute Gasteiger partial charge is 0.465 e. The molecule has 1 atom stereocenters. The van der Waals surface area contributed by atoms with Gasteiger partial charge in [0.05, 0.1) is 24.5 Å². The van der Waals surface area contributed by atoms with Crippen molar-refractivity contribution in [1.29, 1.82) is 0 Å². The van der Waals surface area contributed by atoms with Gasteiger partial charge in [-0.3, -0.25) is 9.78 Å². The Morgan fingerprint density at radius 1 is 1.34 bits per heavy atom. The first-order chi connectivity index (χ1) is 13.6. The molecule has 2 rings (SSSR count). The van der Waals surface area contributed by atoms with Gasteiger partial charge >= 0.3 is 5.97 Å². The summed E-state index contributed by atoms with van der Waals surface area (Å²) in [5.41, 5.74) is 7.72. The molecule has 0 saturated carbocycles. The molecule has 158 valence electrons. The van der Waals surface area contributed by atoms with Crippen molar-refractivity contribution in [1.82, 2.24) is 9.97 Å². The number of nitrogens with zero attached hydrogens (tertiary/aromatic N) is 2. The van der Waals surface area contributed by atoms with Gasteiger partial charge in [0.2, 0.25) is 5.95 Å². The quantitative estimate of drug-likeness (QED) is 0.284. The van der Waals surface area contributed by atoms with Crippen LogP contribution in [0.2, 0.25) is 25.7 Å². The standard InChI is InChI=1S/C21H30FN3O3Si/c1-6-28-21(26)16(13-27-10-11-29(3,4)5)19-15(8-7-9-24-19)18-17(23)12-14(2)25-20(18)22/h7-9,12,16H,6,10-11,13H2,1-5H3,(H2,23,25). The van der Waals surface area contributed by atoms with Gasteiger partial charge in [0, 0.05) is 37.8 Å². The lowest BCUT2D eigenvalue weighted by molar-refractivity contribution is -0.146. The number of carbonyl (C=O) groups excluding carboxylic acids is 1. The molecule has 0 saturated heterocycles. The topological polar surface area (TPSA) is 87.3 Å². The molecular formula is C21H30FN3O3Si. The smallest absolute Gasteiger partial charge is 0.317 e. The Morgan fingerprint density at radius 3 is 2.69 bits per heavy atom. The molecule has 1 unspecified atom stereocenters. The highest BCUT2D eigenvalue weighted by Gasteiger charge is 2.29. The molecule has 0 radical (unpaired) electrons. The number of rotatable bonds is 9. The van der Waals surface area contributed by atoms with Crippen LogP contribution in [0.5, 0.6) is 0 Å². The van der Waals surface area contributed by atoms with E-state index in [1.54, 1.807) is 38.2 Å². The zero-order valence-electron chi connectivity index (χ0n) is 17.8. The van der Waals surface area contributed by atoms with Crippen LogP contribution in [-0.4, -0.2) is 43.8 Å². The van der Waals surface area contributed by atoms with Crippen molar-refractivity contribution in [3.8, 4) is 11.1 Å². The van der Waals surface area contributed by atoms with Crippen LogP contribution in [0.1, 0.15) is 24.2 Å². The van der Waals surface area contributed by atoms with Crippen LogP contribution in [-0.2, 0) is 14.3 Å². The molecule has 8 heteroatoms. The summed E-state index contributed by atoms with van der Waals surface area (Å²) < 4.78 is 25.7. The first kappa shape index (κ1) is 23.0. The number of esters is 1. The summed E-state index contributed by atoms with van der Waals surface area (Å²) in [6, 6.07) is 5.92. The predicted molar refractivity (Wildman–Crippen MR) is 115 cm³/mol. The predicted octanol–water partition coefficient (Wildman–Crippen LogP) is 4.17. The lowest BCUT2D eigenvalue weighted by Crippen LogP contribution is -2.26. The number of nitrogen functional groups attached to an aromatic ring is 1. The zero-order chi connectivity index (χ0) is 21.6. The molecule has 29 heavy (non-hydrogen) atoms. The molecule has 2 aromatic heterocycles. The molecule has 6 nitrogen and oxygen atoms in total. The van der Waals surface area contributed by atoms with Gasteiger partial charge < -0.3 is 15.2 Å². The van der Waals surface area contributed by atoms with Gasteiger partial charge in [-0.1, -0.05) is 25.7 Å². The molecule has 2 aromatic rings. The summed E-state index contributed by atoms with van der Waals surface area (Å²) in [6.07, 6.45) is 1.56. The number of nitrogens with two attached hydrogens (primary N) is 1. The molecule has 0 bridgehead atoms. The zero-order valence-corrected chi connectivity index (χ0v) is 18.8. The van der Waals surface area contributed by atoms with E-state index < -0.39 is 25.9 Å². The Labute approximate surface area is 172 Å². The number of pyridine rings is 2. The number of halogens is 1. The van der Waals surface area contributed by atoms with Crippen molar-refractivity contribution in [2.45, 2.75) is 45.5 Å². The molecule has 2 N–H and O–H groups in total. The number of ether oxygens (including phenoxy) is 2. The second-order valence-electron chi connectivity index (χ2n) is 8.15. The Kier molecular flexibility index (Phi) is 7.86. The van der Waals surface area contributed by atoms with Crippen LogP contribution < -0.4 is 5.73 Å². The monoisotopic (exact) mass is 419 g/mol. The third-order valence-corrected chi connectivity index (χ3v) is 6.13. The molecule has 2 heterocycles. The van der Waals surface area contributed by atoms with Gasteiger partial charge in [-0.25, -0.2) is 4.98 Å². The van der Waals surface area contributed by atoms with Crippen molar-refractivity contribution < 1.29 is 18.7 Å². The lowest BCUT2D eigenvalue weighted by Gasteiger charge is -2.20. The minimum absolute atomic E-state index is 0.105. The second kappa shape index (κ2) is 9.93. The highest BCUT2D eigenvalue weighted by molar-refractivity contribution is 6.76. The van der Waals surface area contributed by atoms with Crippen LogP contribution in [0.3, 0.4) is 0 Å². The molecule has 0 aliphatic heterocycles. The Morgan fingerprint density at radius 2 is 2.07 bits per heavy atom. The molecule has 0 amide bonds. The maximum atomic E-state index is 14.7. The van der Waals surface area contributed by atoms with Gasteiger partial charge in [-0.05, 0) is 32.0 Å². The fraction of sp³-hybridized carbons (Fsp3) is 0.476. The highest BCUT2D eigenvalue weighted by Crippen LogP contribution is 2.34. The summed E-state index contributed by atoms with van der Waals surface area (Å²) >= 11 is 0. The fourth-order valence-electron chi connectivity index (χ4n) is 2.91. The maximum Gasteiger partial charge on any atom is 0.317 e. The molecule has 0 aliphatic rings. The van der Waals surface area contributed by atoms with E-state index in [4.69, 9.17) is 15.2 Å². The van der Waals surface area contributed by atoms with E-state index in [0.717, 1.165) is 6.04 Å². The van der Waals surface area contributed by atoms with Gasteiger partial charge in [-0.15, -0.1) is 0 Å². The number of anilines is 1. The number of hydrogen-bond acceptors (Lipinski definition) is 6. The third-order valence-electron chi connectivity index (χ3n) is 4.42. The first-order valence-electron chi connectivity index (χ1n) is 9.76. The Bertz CT molecular complexity index is 832. The van der Waals surface area contributed by atoms with Gasteiger partial charge in [0.15, 0.2) is 0 Å². The number of carbonyl (C=O) groups is 1. The minimum Gasteiger partial charge on any atom is -0.465 e. The van der Waals surface area contributed by atoms with E-state index in [-0.39, 0.29) is 24.5 Å². The number of hydrogen-bond donors (Lipinski definition) is 1. The van der Waals surface area contributed by atoms with Crippen LogP contribution in [0.4, 0.5) is 10.1 Å². The SMILES string of the molecule is CCOC(=O)C(COCC[Si](C)(C)C)c1ncccc1-c1c(N)cc(C)nc1F. The normalized spacial score (nSPS) is 12.6. The summed E-state index contributed by atoms with van der Waals surface area (Å²) in [4.78, 5) is 20.9. The Hall–Kier alpha value is -2.32. The van der Waals surface area contributed by atoms with Crippen molar-refractivity contribution in [3.63, 3.8) is 0 Å². The maximum absolute atomic E-state index is 14.7. The minimum atomic E-state index is -1.27. The average Bonchev–Trinajstić information content (AvgIpc) is 2.61. The van der Waals surface area contributed by atoms with E-state index in [2.05, 4.69) is 29.6 Å². The summed E-state index contributed by atoms with van der Waals surface area (Å²) in [5.74, 6) is -1.94. The third kappa shape index (κ3) is 6.33. The fourth-order valence-corrected chi connectivity index (χ4v) is 3.67. The summed E-state index contributed by atoms with van der Waals surface area (Å²) in [6.45, 7) is 11.1. The van der Waals surface area contributed by atoms with Crippen molar-refractivity contribution in [3.05, 3.63) is 41.7 Å². The Balaban J connectivity index is 2.40. The van der Waals surface area contributed by atoms with E-state index in [1.807, 2.05) is 0 Å². The van der Waals surface area contributed by atoms with E-state index in [1.165, 1.54) is 0 Å². The van der Waals surface area contributed by atoms with Gasteiger partial charge in [0.1, 0.15) is 5.92 Å². The molecule has 0 spiro atoms. The van der Waals surface area contributed by atoms with Gasteiger partial charge in [-0.2, -0.15) is 4.39 Å². The number of aryl methyl sites for hydroxylation is 1. The number of aromatic nitrogens is 2. The van der Waals surface area contributed by atoms with E-state index in [0.29, 0.717) is 23.6 Å². The van der Waals surface area contributed by atoms with Crippen molar-refractivity contribution in [2.75, 3.05) is 25.6 Å². The average molecular weight is 420 g/mol. The van der Waals surface area contributed by atoms with Crippen molar-refractivity contribution >= 4 is 19.7 Å². The van der Waals surface area contributed by atoms with Crippen LogP contribution in [0.15, 0.2) is 24.4 Å². The van der Waals surface area contributed by atoms with Crippen LogP contribution in [0, 0.1) is 12.9 Å². The highest BCUT2D eigenvalue weighted by atomic mass is 28.3. The summed E-state index contributed by atoms with van der Waals surface area (Å²) in [7, 11) is -1.27. The lowest BCUT2D eigenvalue weighted by atomic mass is 9.95. The summed E-state index contributed by atoms with van der Waals surface area (Å²) in [5, 5.41) is 0. The molecular weight excluding hydrogens is 389 g/mol. The van der Waals surface area contributed by atoms with E-state index in [9.17, 15) is 9.18 Å². The van der Waals surface area contributed by atoms with E-state index >= 15 is 0 Å². The van der Waals surface area contributed by atoms with Gasteiger partial charge in [0.25, 0.3) is 0 Å². The first-order valence-corrected chi connectivity index (χ1v) is 13.5. The molecule has 0 aliphatic carbocycles. The van der Waals surface area contributed by atoms with Crippen LogP contribution in [0.25, 0.3) is 11.1 Å². The second-order valence-corrected chi connectivity index (χ2v) is 13.8. The molecule has 0 aromatic carbocycles. The van der Waals surface area contributed by atoms with Crippen molar-refractivity contribution in [2.24, 2.45) is 0 Å².